The van der Waals surface area contributed by atoms with E-state index in [1.165, 1.54) is 22.5 Å². The van der Waals surface area contributed by atoms with Gasteiger partial charge in [-0.25, -0.2) is 8.42 Å². The van der Waals surface area contributed by atoms with Gasteiger partial charge in [-0.15, -0.1) is 0 Å². The number of benzene rings is 1. The monoisotopic (exact) mass is 355 g/mol. The van der Waals surface area contributed by atoms with E-state index in [0.29, 0.717) is 38.5 Å². The molecule has 24 heavy (non-hydrogen) atoms. The third-order valence-electron chi connectivity index (χ3n) is 4.09. The first-order valence-corrected chi connectivity index (χ1v) is 9.63. The van der Waals surface area contributed by atoms with E-state index in [4.69, 9.17) is 10.5 Å². The zero-order valence-corrected chi connectivity index (χ0v) is 15.0. The fourth-order valence-corrected chi connectivity index (χ4v) is 4.08. The lowest BCUT2D eigenvalue weighted by Crippen LogP contribution is -2.48. The van der Waals surface area contributed by atoms with Crippen LogP contribution in [0.25, 0.3) is 0 Å². The zero-order chi connectivity index (χ0) is 17.7. The molecule has 0 aliphatic carbocycles. The van der Waals surface area contributed by atoms with Gasteiger partial charge < -0.3 is 15.4 Å². The van der Waals surface area contributed by atoms with Crippen LogP contribution in [-0.4, -0.2) is 62.9 Å². The molecule has 8 heteroatoms. The summed E-state index contributed by atoms with van der Waals surface area (Å²) in [6, 6.07) is 4.29. The van der Waals surface area contributed by atoms with Crippen LogP contribution in [0.4, 0.5) is 0 Å². The lowest BCUT2D eigenvalue weighted by atomic mass is 10.2. The highest BCUT2D eigenvalue weighted by atomic mass is 32.2. The van der Waals surface area contributed by atoms with Crippen LogP contribution in [0.1, 0.15) is 30.6 Å². The van der Waals surface area contributed by atoms with Gasteiger partial charge in [-0.2, -0.15) is 4.31 Å². The number of ether oxygens (including phenoxy) is 1. The van der Waals surface area contributed by atoms with E-state index in [2.05, 4.69) is 11.8 Å². The molecule has 7 nitrogen and oxygen atoms in total. The molecule has 1 amide bonds. The Hall–Kier alpha value is -1.64. The maximum Gasteiger partial charge on any atom is 0.252 e. The lowest BCUT2D eigenvalue weighted by molar-refractivity contribution is 0.0996. The van der Waals surface area contributed by atoms with Gasteiger partial charge in [0, 0.05) is 26.2 Å². The summed E-state index contributed by atoms with van der Waals surface area (Å²) < 4.78 is 32.5. The Kier molecular flexibility index (Phi) is 6.20. The number of carbonyl (C=O) groups excluding carboxylic acids is 1. The standard InChI is InChI=1S/C16H25N3O4S/c1-3-11-23-15-6-5-13(12-14(15)16(17)20)24(21,22)19-9-7-18(4-2)8-10-19/h5-6,12H,3-4,7-11H2,1-2H3,(H2,17,20). The van der Waals surface area contributed by atoms with Crippen molar-refractivity contribution in [3.8, 4) is 5.75 Å². The van der Waals surface area contributed by atoms with Crippen molar-refractivity contribution in [3.05, 3.63) is 23.8 Å². The normalized spacial score (nSPS) is 16.9. The van der Waals surface area contributed by atoms with Crippen molar-refractivity contribution in [2.45, 2.75) is 25.2 Å². The molecular formula is C16H25N3O4S. The minimum atomic E-state index is -3.64. The first-order valence-electron chi connectivity index (χ1n) is 8.19. The van der Waals surface area contributed by atoms with Gasteiger partial charge in [-0.1, -0.05) is 13.8 Å². The maximum atomic E-state index is 12.8. The van der Waals surface area contributed by atoms with E-state index in [9.17, 15) is 13.2 Å². The smallest absolute Gasteiger partial charge is 0.252 e. The van der Waals surface area contributed by atoms with Gasteiger partial charge in [-0.3, -0.25) is 4.79 Å². The Balaban J connectivity index is 2.27. The van der Waals surface area contributed by atoms with E-state index in [1.54, 1.807) is 0 Å². The molecule has 2 N–H and O–H groups in total. The minimum absolute atomic E-state index is 0.0742. The highest BCUT2D eigenvalue weighted by molar-refractivity contribution is 7.89. The number of hydrogen-bond acceptors (Lipinski definition) is 5. The Morgan fingerprint density at radius 2 is 1.88 bits per heavy atom. The molecular weight excluding hydrogens is 330 g/mol. The lowest BCUT2D eigenvalue weighted by Gasteiger charge is -2.33. The number of nitrogens with zero attached hydrogens (tertiary/aromatic N) is 2. The number of primary amides is 1. The van der Waals surface area contributed by atoms with Crippen molar-refractivity contribution in [1.29, 1.82) is 0 Å². The van der Waals surface area contributed by atoms with Gasteiger partial charge in [0.25, 0.3) is 5.91 Å². The van der Waals surface area contributed by atoms with Crippen LogP contribution < -0.4 is 10.5 Å². The summed E-state index contributed by atoms with van der Waals surface area (Å²) in [6.45, 7) is 7.63. The summed E-state index contributed by atoms with van der Waals surface area (Å²) in [6.07, 6.45) is 0.778. The predicted molar refractivity (Wildman–Crippen MR) is 91.6 cm³/mol. The van der Waals surface area contributed by atoms with Crippen LogP contribution in [0, 0.1) is 0 Å². The fraction of sp³-hybridized carbons (Fsp3) is 0.562. The number of amides is 1. The van der Waals surface area contributed by atoms with Gasteiger partial charge in [0.1, 0.15) is 5.75 Å². The van der Waals surface area contributed by atoms with Crippen molar-refractivity contribution in [2.24, 2.45) is 5.73 Å². The van der Waals surface area contributed by atoms with E-state index < -0.39 is 15.9 Å². The number of piperazine rings is 1. The number of hydrogen-bond donors (Lipinski definition) is 1. The molecule has 1 heterocycles. The van der Waals surface area contributed by atoms with E-state index >= 15 is 0 Å². The third kappa shape index (κ3) is 4.06. The van der Waals surface area contributed by atoms with Crippen LogP contribution >= 0.6 is 0 Å². The zero-order valence-electron chi connectivity index (χ0n) is 14.2. The average molecular weight is 355 g/mol. The SMILES string of the molecule is CCCOc1ccc(S(=O)(=O)N2CCN(CC)CC2)cc1C(N)=O. The molecule has 0 bridgehead atoms. The van der Waals surface area contributed by atoms with Crippen molar-refractivity contribution < 1.29 is 17.9 Å². The van der Waals surface area contributed by atoms with Crippen molar-refractivity contribution >= 4 is 15.9 Å². The molecule has 1 aromatic carbocycles. The number of likely N-dealkylation sites (N-methyl/N-ethyl adjacent to an activating group) is 1. The molecule has 1 aromatic rings. The second-order valence-corrected chi connectivity index (χ2v) is 7.65. The molecule has 1 aliphatic heterocycles. The summed E-state index contributed by atoms with van der Waals surface area (Å²) in [5.41, 5.74) is 5.47. The molecule has 1 saturated heterocycles. The molecule has 0 unspecified atom stereocenters. The van der Waals surface area contributed by atoms with Gasteiger partial charge >= 0.3 is 0 Å². The molecule has 0 atom stereocenters. The Morgan fingerprint density at radius 3 is 2.42 bits per heavy atom. The van der Waals surface area contributed by atoms with Gasteiger partial charge in [0.15, 0.2) is 0 Å². The van der Waals surface area contributed by atoms with Crippen LogP contribution in [0.15, 0.2) is 23.1 Å². The summed E-state index contributed by atoms with van der Waals surface area (Å²) in [5, 5.41) is 0. The van der Waals surface area contributed by atoms with E-state index in [0.717, 1.165) is 13.0 Å². The molecule has 0 aromatic heterocycles. The average Bonchev–Trinajstić information content (AvgIpc) is 2.59. The van der Waals surface area contributed by atoms with E-state index in [-0.39, 0.29) is 10.5 Å². The van der Waals surface area contributed by atoms with Crippen LogP contribution in [0.5, 0.6) is 5.75 Å². The maximum absolute atomic E-state index is 12.8. The highest BCUT2D eigenvalue weighted by Crippen LogP contribution is 2.25. The van der Waals surface area contributed by atoms with Crippen molar-refractivity contribution in [1.82, 2.24) is 9.21 Å². The topological polar surface area (TPSA) is 92.9 Å². The summed E-state index contributed by atoms with van der Waals surface area (Å²) in [4.78, 5) is 13.9. The molecule has 134 valence electrons. The molecule has 1 fully saturated rings. The third-order valence-corrected chi connectivity index (χ3v) is 5.99. The molecule has 2 rings (SSSR count). The molecule has 0 saturated carbocycles. The van der Waals surface area contributed by atoms with Crippen molar-refractivity contribution in [3.63, 3.8) is 0 Å². The molecule has 0 spiro atoms. The largest absolute Gasteiger partial charge is 0.493 e. The minimum Gasteiger partial charge on any atom is -0.493 e. The second kappa shape index (κ2) is 7.96. The molecule has 1 aliphatic rings. The number of rotatable bonds is 7. The first kappa shape index (κ1) is 18.7. The summed E-state index contributed by atoms with van der Waals surface area (Å²) in [7, 11) is -3.64. The van der Waals surface area contributed by atoms with Gasteiger partial charge in [-0.05, 0) is 31.2 Å². The Labute approximate surface area is 143 Å². The number of sulfonamides is 1. The van der Waals surface area contributed by atoms with Crippen LogP contribution in [-0.2, 0) is 10.0 Å². The quantitative estimate of drug-likeness (QED) is 0.784. The van der Waals surface area contributed by atoms with Crippen LogP contribution in [0.3, 0.4) is 0 Å². The molecule has 0 radical (unpaired) electrons. The van der Waals surface area contributed by atoms with Crippen molar-refractivity contribution in [2.75, 3.05) is 39.3 Å². The Bertz CT molecular complexity index is 683. The highest BCUT2D eigenvalue weighted by Gasteiger charge is 2.29. The summed E-state index contributed by atoms with van der Waals surface area (Å²) in [5.74, 6) is -0.381. The van der Waals surface area contributed by atoms with Crippen LogP contribution in [0.2, 0.25) is 0 Å². The second-order valence-electron chi connectivity index (χ2n) is 5.71. The first-order chi connectivity index (χ1) is 11.4. The van der Waals surface area contributed by atoms with E-state index in [1.807, 2.05) is 6.92 Å². The number of nitrogens with two attached hydrogens (primary N) is 1. The fourth-order valence-electron chi connectivity index (χ4n) is 2.64. The Morgan fingerprint density at radius 1 is 1.21 bits per heavy atom. The van der Waals surface area contributed by atoms with Gasteiger partial charge in [0.2, 0.25) is 10.0 Å². The number of carbonyl (C=O) groups is 1. The predicted octanol–water partition coefficient (Wildman–Crippen LogP) is 0.900. The summed E-state index contributed by atoms with van der Waals surface area (Å²) >= 11 is 0. The van der Waals surface area contributed by atoms with Gasteiger partial charge in [0.05, 0.1) is 17.1 Å².